The zero-order valence-electron chi connectivity index (χ0n) is 24.1. The van der Waals surface area contributed by atoms with E-state index >= 15 is 0 Å². The van der Waals surface area contributed by atoms with Gasteiger partial charge in [0, 0.05) is 57.9 Å². The number of rotatable bonds is 9. The molecule has 11 nitrogen and oxygen atoms in total. The number of ketones is 1. The monoisotopic (exact) mass is 596 g/mol. The summed E-state index contributed by atoms with van der Waals surface area (Å²) in [6, 6.07) is 12.6. The summed E-state index contributed by atoms with van der Waals surface area (Å²) in [6.07, 6.45) is 1.51. The Balaban J connectivity index is 1.72. The van der Waals surface area contributed by atoms with Gasteiger partial charge >= 0.3 is 0 Å². The highest BCUT2D eigenvalue weighted by Crippen LogP contribution is 2.53. The van der Waals surface area contributed by atoms with Crippen molar-refractivity contribution < 1.29 is 32.6 Å². The largest absolute Gasteiger partial charge is 0.507 e. The molecule has 2 aromatic carbocycles. The standard InChI is InChI=1S/C30H36N4O7S/c1-4-5-13-33-24-12-7-6-11-23(24)30(29(33)38)25(26(35)21-9-8-10-22(20-21)42(39,40)31(2)3)27(36)28(37)34(30)15-14-32-16-18-41-19-17-32/h6-12,20,35H,4-5,13-19H2,1-3H3/t30-/m0/s1. The van der Waals surface area contributed by atoms with E-state index in [1.165, 1.54) is 43.3 Å². The molecule has 3 aliphatic rings. The van der Waals surface area contributed by atoms with Gasteiger partial charge in [-0.25, -0.2) is 12.7 Å². The molecular weight excluding hydrogens is 560 g/mol. The number of fused-ring (bicyclic) bond motifs is 2. The molecule has 0 saturated carbocycles. The van der Waals surface area contributed by atoms with Gasteiger partial charge in [-0.3, -0.25) is 19.3 Å². The maximum atomic E-state index is 14.6. The van der Waals surface area contributed by atoms with Crippen molar-refractivity contribution in [3.05, 3.63) is 65.2 Å². The molecule has 2 amide bonds. The molecule has 5 rings (SSSR count). The van der Waals surface area contributed by atoms with Crippen molar-refractivity contribution >= 4 is 39.1 Å². The molecule has 0 radical (unpaired) electrons. The molecule has 0 bridgehead atoms. The lowest BCUT2D eigenvalue weighted by atomic mass is 9.82. The predicted octanol–water partition coefficient (Wildman–Crippen LogP) is 1.99. The second-order valence-corrected chi connectivity index (χ2v) is 13.0. The van der Waals surface area contributed by atoms with Crippen LogP contribution >= 0.6 is 0 Å². The first-order valence-electron chi connectivity index (χ1n) is 14.1. The molecular formula is C30H36N4O7S. The molecule has 2 fully saturated rings. The third-order valence-electron chi connectivity index (χ3n) is 8.17. The number of likely N-dealkylation sites (tertiary alicyclic amines) is 1. The lowest BCUT2D eigenvalue weighted by molar-refractivity contribution is -0.144. The molecule has 0 unspecified atom stereocenters. The van der Waals surface area contributed by atoms with E-state index in [-0.39, 0.29) is 22.6 Å². The number of ether oxygens (including phenoxy) is 1. The minimum absolute atomic E-state index is 0.0146. The van der Waals surface area contributed by atoms with Crippen LogP contribution in [0.2, 0.25) is 0 Å². The second kappa shape index (κ2) is 11.6. The van der Waals surface area contributed by atoms with E-state index in [1.54, 1.807) is 29.2 Å². The van der Waals surface area contributed by atoms with Crippen LogP contribution in [0.15, 0.2) is 59.0 Å². The van der Waals surface area contributed by atoms with Crippen LogP contribution in [0.25, 0.3) is 5.76 Å². The highest BCUT2D eigenvalue weighted by Gasteiger charge is 2.67. The van der Waals surface area contributed by atoms with Crippen LogP contribution in [-0.4, -0.2) is 105 Å². The van der Waals surface area contributed by atoms with Gasteiger partial charge in [0.25, 0.3) is 17.6 Å². The maximum absolute atomic E-state index is 14.6. The normalized spacial score (nSPS) is 22.5. The molecule has 12 heteroatoms. The number of para-hydroxylation sites is 1. The van der Waals surface area contributed by atoms with Crippen molar-refractivity contribution in [3.63, 3.8) is 0 Å². The Morgan fingerprint density at radius 3 is 2.40 bits per heavy atom. The minimum Gasteiger partial charge on any atom is -0.507 e. The molecule has 224 valence electrons. The van der Waals surface area contributed by atoms with E-state index in [1.807, 2.05) is 6.92 Å². The van der Waals surface area contributed by atoms with Crippen LogP contribution in [0.3, 0.4) is 0 Å². The Morgan fingerprint density at radius 2 is 1.71 bits per heavy atom. The number of nitrogens with zero attached hydrogens (tertiary/aromatic N) is 4. The first-order chi connectivity index (χ1) is 20.1. The summed E-state index contributed by atoms with van der Waals surface area (Å²) in [5.41, 5.74) is -1.23. The molecule has 42 heavy (non-hydrogen) atoms. The summed E-state index contributed by atoms with van der Waals surface area (Å²) < 4.78 is 32.2. The highest BCUT2D eigenvalue weighted by atomic mass is 32.2. The molecule has 1 spiro atoms. The number of amides is 2. The molecule has 3 aliphatic heterocycles. The maximum Gasteiger partial charge on any atom is 0.296 e. The Hall–Kier alpha value is -3.58. The van der Waals surface area contributed by atoms with Gasteiger partial charge in [-0.15, -0.1) is 0 Å². The van der Waals surface area contributed by atoms with E-state index in [9.17, 15) is 27.9 Å². The fraction of sp³-hybridized carbons (Fsp3) is 0.433. The van der Waals surface area contributed by atoms with E-state index < -0.39 is 38.9 Å². The number of aliphatic hydroxyl groups excluding tert-OH is 1. The van der Waals surface area contributed by atoms with E-state index in [4.69, 9.17) is 4.74 Å². The zero-order chi connectivity index (χ0) is 30.2. The van der Waals surface area contributed by atoms with Crippen LogP contribution in [0.4, 0.5) is 5.69 Å². The molecule has 0 aromatic heterocycles. The molecule has 1 N–H and O–H groups in total. The van der Waals surface area contributed by atoms with Crippen molar-refractivity contribution in [2.75, 3.05) is 64.9 Å². The minimum atomic E-state index is -3.87. The van der Waals surface area contributed by atoms with Crippen molar-refractivity contribution in [1.82, 2.24) is 14.1 Å². The lowest BCUT2D eigenvalue weighted by Gasteiger charge is -2.36. The number of sulfonamides is 1. The van der Waals surface area contributed by atoms with Crippen LogP contribution in [0.5, 0.6) is 0 Å². The number of hydrogen-bond donors (Lipinski definition) is 1. The number of carbonyl (C=O) groups is 3. The molecule has 2 aromatic rings. The summed E-state index contributed by atoms with van der Waals surface area (Å²) in [4.78, 5) is 47.2. The quantitative estimate of drug-likeness (QED) is 0.265. The SMILES string of the molecule is CCCCN1C(=O)[C@@]2(C(=C(O)c3cccc(S(=O)(=O)N(C)C)c3)C(=O)C(=O)N2CCN2CCOCC2)c2ccccc21. The van der Waals surface area contributed by atoms with Crippen molar-refractivity contribution in [3.8, 4) is 0 Å². The van der Waals surface area contributed by atoms with Crippen LogP contribution in [0, 0.1) is 0 Å². The number of benzene rings is 2. The number of morpholine rings is 1. The first-order valence-corrected chi connectivity index (χ1v) is 15.5. The van der Waals surface area contributed by atoms with Gasteiger partial charge in [-0.2, -0.15) is 0 Å². The van der Waals surface area contributed by atoms with Crippen LogP contribution < -0.4 is 4.90 Å². The average Bonchev–Trinajstić information content (AvgIpc) is 3.37. The smallest absolute Gasteiger partial charge is 0.296 e. The van der Waals surface area contributed by atoms with E-state index in [0.29, 0.717) is 57.1 Å². The third kappa shape index (κ3) is 4.72. The number of aliphatic hydroxyl groups is 1. The Morgan fingerprint density at radius 1 is 1.00 bits per heavy atom. The Labute approximate surface area is 246 Å². The van der Waals surface area contributed by atoms with E-state index in [0.717, 1.165) is 10.7 Å². The zero-order valence-corrected chi connectivity index (χ0v) is 24.9. The van der Waals surface area contributed by atoms with Crippen molar-refractivity contribution in [1.29, 1.82) is 0 Å². The summed E-state index contributed by atoms with van der Waals surface area (Å²) in [5.74, 6) is -2.96. The number of Topliss-reactive ketones (excluding diaryl/α,β-unsaturated/α-hetero) is 1. The van der Waals surface area contributed by atoms with Gasteiger partial charge in [0.15, 0.2) is 5.54 Å². The number of hydrogen-bond acceptors (Lipinski definition) is 8. The van der Waals surface area contributed by atoms with Gasteiger partial charge in [-0.05, 0) is 24.6 Å². The van der Waals surface area contributed by atoms with Gasteiger partial charge < -0.3 is 19.6 Å². The van der Waals surface area contributed by atoms with Crippen LogP contribution in [0.1, 0.15) is 30.9 Å². The van der Waals surface area contributed by atoms with E-state index in [2.05, 4.69) is 4.90 Å². The fourth-order valence-corrected chi connectivity index (χ4v) is 6.88. The molecule has 3 heterocycles. The van der Waals surface area contributed by atoms with Crippen molar-refractivity contribution in [2.45, 2.75) is 30.2 Å². The Bertz CT molecular complexity index is 1550. The summed E-state index contributed by atoms with van der Waals surface area (Å²) >= 11 is 0. The lowest BCUT2D eigenvalue weighted by Crippen LogP contribution is -2.54. The number of unbranched alkanes of at least 4 members (excludes halogenated alkanes) is 1. The third-order valence-corrected chi connectivity index (χ3v) is 9.99. The number of anilines is 1. The number of carbonyl (C=O) groups excluding carboxylic acids is 3. The summed E-state index contributed by atoms with van der Waals surface area (Å²) in [6.45, 7) is 5.24. The van der Waals surface area contributed by atoms with Gasteiger partial charge in [-0.1, -0.05) is 43.7 Å². The van der Waals surface area contributed by atoms with Crippen LogP contribution in [-0.2, 0) is 34.7 Å². The summed E-state index contributed by atoms with van der Waals surface area (Å²) in [5, 5.41) is 11.8. The van der Waals surface area contributed by atoms with Gasteiger partial charge in [0.2, 0.25) is 10.0 Å². The Kier molecular flexibility index (Phi) is 8.26. The predicted molar refractivity (Wildman–Crippen MR) is 156 cm³/mol. The second-order valence-electron chi connectivity index (χ2n) is 10.8. The van der Waals surface area contributed by atoms with Gasteiger partial charge in [0.05, 0.1) is 29.4 Å². The topological polar surface area (TPSA) is 128 Å². The first kappa shape index (κ1) is 29.9. The van der Waals surface area contributed by atoms with Gasteiger partial charge in [0.1, 0.15) is 5.76 Å². The molecule has 0 aliphatic carbocycles. The average molecular weight is 597 g/mol. The molecule has 2 saturated heterocycles. The fourth-order valence-electron chi connectivity index (χ4n) is 5.93. The van der Waals surface area contributed by atoms with Crippen molar-refractivity contribution in [2.24, 2.45) is 0 Å². The highest BCUT2D eigenvalue weighted by molar-refractivity contribution is 7.89. The summed E-state index contributed by atoms with van der Waals surface area (Å²) in [7, 11) is -1.09. The molecule has 1 atom stereocenters.